The smallest absolute Gasteiger partial charge is 0.756 e. The first kappa shape index (κ1) is 32.6. The summed E-state index contributed by atoms with van der Waals surface area (Å²) in [5, 5.41) is 11.7. The van der Waals surface area contributed by atoms with Crippen LogP contribution in [0.15, 0.2) is 37.2 Å². The van der Waals surface area contributed by atoms with E-state index in [4.69, 9.17) is 34.2 Å². The van der Waals surface area contributed by atoms with E-state index in [9.17, 15) is 23.0 Å². The number of phosphoric ester groups is 1. The van der Waals surface area contributed by atoms with Gasteiger partial charge in [0.2, 0.25) is 0 Å². The van der Waals surface area contributed by atoms with E-state index in [0.29, 0.717) is 16.7 Å². The predicted molar refractivity (Wildman–Crippen MR) is 143 cm³/mol. The molecule has 3 fully saturated rings. The molecule has 1 unspecified atom stereocenters. The molecule has 3 aliphatic heterocycles. The summed E-state index contributed by atoms with van der Waals surface area (Å²) in [5.41, 5.74) is 12.7. The van der Waals surface area contributed by atoms with Crippen LogP contribution in [0.2, 0.25) is 0 Å². The molecular weight excluding hydrogens is 655 g/mol. The number of hydrogen-bond acceptors (Lipinski definition) is 16. The van der Waals surface area contributed by atoms with Crippen LogP contribution < -0.4 is 50.6 Å². The van der Waals surface area contributed by atoms with E-state index >= 15 is 4.39 Å². The van der Waals surface area contributed by atoms with E-state index in [0.717, 1.165) is 17.2 Å². The summed E-state index contributed by atoms with van der Waals surface area (Å²) in [7, 11) is -9.99. The van der Waals surface area contributed by atoms with Crippen LogP contribution in [-0.4, -0.2) is 92.4 Å². The molecule has 6 N–H and O–H groups in total. The molecule has 3 aliphatic rings. The van der Waals surface area contributed by atoms with Crippen molar-refractivity contribution in [2.24, 2.45) is 0 Å². The number of anilines is 2. The number of nitrogens with one attached hydrogen (secondary N) is 1. The van der Waals surface area contributed by atoms with Crippen molar-refractivity contribution in [1.29, 1.82) is 0 Å². The van der Waals surface area contributed by atoms with Crippen molar-refractivity contribution in [2.75, 3.05) is 24.6 Å². The van der Waals surface area contributed by atoms with Gasteiger partial charge < -0.3 is 44.6 Å². The Hall–Kier alpha value is -2.37. The zero-order valence-electron chi connectivity index (χ0n) is 23.2. The first-order valence-corrected chi connectivity index (χ1v) is 15.9. The topological polar surface area (TPSA) is 266 Å². The monoisotopic (exact) mass is 679 g/mol. The first-order valence-electron chi connectivity index (χ1n) is 13.0. The molecule has 0 spiro atoms. The summed E-state index contributed by atoms with van der Waals surface area (Å²) in [6, 6.07) is 3.18. The summed E-state index contributed by atoms with van der Waals surface area (Å²) in [6.45, 7) is -1.55. The molecule has 0 saturated carbocycles. The third kappa shape index (κ3) is 5.86. The Morgan fingerprint density at radius 2 is 1.84 bits per heavy atom. The second kappa shape index (κ2) is 12.0. The molecular formula is C22H24FN9NaO10PS. The molecule has 23 heteroatoms. The van der Waals surface area contributed by atoms with Gasteiger partial charge in [-0.15, -0.1) is 0 Å². The zero-order chi connectivity index (χ0) is 31.0. The number of ether oxygens (including phenoxy) is 2. The molecule has 0 aromatic carbocycles. The van der Waals surface area contributed by atoms with Crippen molar-refractivity contribution in [1.82, 2.24) is 33.8 Å². The number of nitrogen functional groups attached to an aromatic ring is 2. The first-order chi connectivity index (χ1) is 20.9. The molecule has 9 atom stereocenters. The Bertz CT molecular complexity index is 1900. The van der Waals surface area contributed by atoms with Crippen molar-refractivity contribution in [3.05, 3.63) is 37.2 Å². The number of aromatic nitrogens is 6. The van der Waals surface area contributed by atoms with E-state index in [1.54, 1.807) is 12.1 Å². The number of nitrogens with zero attached hydrogens (tertiary/aromatic N) is 6. The summed E-state index contributed by atoms with van der Waals surface area (Å²) < 4.78 is 86.3. The van der Waals surface area contributed by atoms with Crippen LogP contribution in [0.25, 0.3) is 22.2 Å². The summed E-state index contributed by atoms with van der Waals surface area (Å²) in [6.07, 6.45) is -7.95. The molecule has 0 bridgehead atoms. The number of aliphatic hydroxyl groups is 1. The molecule has 19 nitrogen and oxygen atoms in total. The number of fused-ring (bicyclic) bond motifs is 4. The van der Waals surface area contributed by atoms with E-state index in [2.05, 4.69) is 24.7 Å². The molecule has 7 heterocycles. The number of rotatable bonds is 2. The van der Waals surface area contributed by atoms with Crippen LogP contribution in [0.1, 0.15) is 12.5 Å². The number of halogens is 1. The van der Waals surface area contributed by atoms with Gasteiger partial charge in [0.1, 0.15) is 48.0 Å². The Morgan fingerprint density at radius 1 is 1.07 bits per heavy atom. The van der Waals surface area contributed by atoms with Crippen molar-refractivity contribution in [3.8, 4) is 0 Å². The van der Waals surface area contributed by atoms with Crippen molar-refractivity contribution < 1.29 is 79.6 Å². The number of alkyl halides is 1. The number of pyridine rings is 1. The quantitative estimate of drug-likeness (QED) is 0.115. The SMILES string of the molecule is Nc1ccnc2c1ccn2[C@@H]1O[C@@H]2COP(=O)([O-])O[C@H]3[C@@H](F)[C@H](n4cnc5c(N)ncnc54)O[C@@H]3CNS(=O)(=O)O[C@H]2[C@H]1O.[Na+]. The number of hydrogen-bond donors (Lipinski definition) is 4. The normalized spacial score (nSPS) is 35.3. The Balaban J connectivity index is 0.00000357. The maximum Gasteiger partial charge on any atom is 1.00 e. The standard InChI is InChI=1S/C22H25FN9O10PS.Na/c23-13-16-11(39-21(13)32-8-29-14-18(25)27-7-28-20(14)32)5-30-44(36,37)42-17-12(6-38-43(34,35)41-16)40-22(15(17)33)31-4-2-9-10(24)1-3-26-19(9)31;/h1-4,7-8,11-13,15-17,21-22,30,33H,5-6H2,(H2,24,26)(H,34,35)(H2,25,27,28);/q;+1/p-1/t11-,12-,13-,15-,16-,17-,21-,22-;/m1./s1. The average Bonchev–Trinajstić information content (AvgIpc) is 3.73. The van der Waals surface area contributed by atoms with Crippen LogP contribution in [0.5, 0.6) is 0 Å². The Labute approximate surface area is 275 Å². The Morgan fingerprint density at radius 3 is 2.64 bits per heavy atom. The maximum atomic E-state index is 15.8. The van der Waals surface area contributed by atoms with Gasteiger partial charge in [-0.1, -0.05) is 0 Å². The van der Waals surface area contributed by atoms with Crippen molar-refractivity contribution >= 4 is 51.8 Å². The van der Waals surface area contributed by atoms with Gasteiger partial charge >= 0.3 is 39.9 Å². The number of nitrogens with two attached hydrogens (primary N) is 2. The van der Waals surface area contributed by atoms with Gasteiger partial charge in [0.25, 0.3) is 7.82 Å². The molecule has 236 valence electrons. The Kier molecular flexibility index (Phi) is 8.69. The summed E-state index contributed by atoms with van der Waals surface area (Å²) in [4.78, 5) is 29.0. The second-order valence-corrected chi connectivity index (χ2v) is 12.9. The minimum Gasteiger partial charge on any atom is -0.756 e. The molecule has 7 rings (SSSR count). The van der Waals surface area contributed by atoms with Gasteiger partial charge in [-0.05, 0) is 12.1 Å². The number of phosphoric acid groups is 1. The van der Waals surface area contributed by atoms with Crippen LogP contribution in [-0.2, 0) is 37.6 Å². The predicted octanol–water partition coefficient (Wildman–Crippen LogP) is -4.36. The van der Waals surface area contributed by atoms with Gasteiger partial charge in [0.05, 0.1) is 12.9 Å². The van der Waals surface area contributed by atoms with Gasteiger partial charge in [0.15, 0.2) is 30.1 Å². The van der Waals surface area contributed by atoms with E-state index in [1.807, 2.05) is 0 Å². The van der Waals surface area contributed by atoms with Gasteiger partial charge in [-0.25, -0.2) is 28.5 Å². The summed E-state index contributed by atoms with van der Waals surface area (Å²) >= 11 is 0. The van der Waals surface area contributed by atoms with E-state index in [-0.39, 0.29) is 46.5 Å². The van der Waals surface area contributed by atoms with Gasteiger partial charge in [-0.2, -0.15) is 13.1 Å². The number of imidazole rings is 1. The molecule has 4 aromatic rings. The molecule has 3 saturated heterocycles. The second-order valence-electron chi connectivity index (χ2n) is 10.2. The average molecular weight is 680 g/mol. The fourth-order valence-corrected chi connectivity index (χ4v) is 7.37. The third-order valence-electron chi connectivity index (χ3n) is 7.51. The van der Waals surface area contributed by atoms with E-state index < -0.39 is 80.4 Å². The largest absolute Gasteiger partial charge is 1.00 e. The third-order valence-corrected chi connectivity index (χ3v) is 9.47. The molecule has 45 heavy (non-hydrogen) atoms. The minimum atomic E-state index is -5.30. The zero-order valence-corrected chi connectivity index (χ0v) is 26.9. The number of aliphatic hydroxyl groups excluding tert-OH is 1. The van der Waals surface area contributed by atoms with Crippen LogP contribution >= 0.6 is 7.82 Å². The fourth-order valence-electron chi connectivity index (χ4n) is 5.46. The van der Waals surface area contributed by atoms with Gasteiger partial charge in [0, 0.05) is 30.0 Å². The van der Waals surface area contributed by atoms with Crippen LogP contribution in [0.4, 0.5) is 15.9 Å². The van der Waals surface area contributed by atoms with E-state index in [1.165, 1.54) is 17.0 Å². The molecule has 0 aliphatic carbocycles. The van der Waals surface area contributed by atoms with Crippen molar-refractivity contribution in [2.45, 2.75) is 49.1 Å². The molecule has 4 aromatic heterocycles. The molecule has 0 radical (unpaired) electrons. The van der Waals surface area contributed by atoms with Crippen LogP contribution in [0.3, 0.4) is 0 Å². The van der Waals surface area contributed by atoms with Crippen molar-refractivity contribution in [3.63, 3.8) is 0 Å². The fraction of sp³-hybridized carbons (Fsp3) is 0.455. The van der Waals surface area contributed by atoms with Crippen LogP contribution in [0, 0.1) is 0 Å². The minimum absolute atomic E-state index is 0. The van der Waals surface area contributed by atoms with Gasteiger partial charge in [-0.3, -0.25) is 9.13 Å². The maximum absolute atomic E-state index is 15.8. The molecule has 0 amide bonds. The summed E-state index contributed by atoms with van der Waals surface area (Å²) in [5.74, 6) is 0.00909.